The van der Waals surface area contributed by atoms with Gasteiger partial charge in [0.2, 0.25) is 11.8 Å². The maximum absolute atomic E-state index is 11.7. The van der Waals surface area contributed by atoms with Gasteiger partial charge in [-0.1, -0.05) is 0 Å². The molecule has 0 unspecified atom stereocenters. The molecule has 3 rings (SSSR count). The van der Waals surface area contributed by atoms with Crippen molar-refractivity contribution in [3.8, 4) is 0 Å². The van der Waals surface area contributed by atoms with Crippen molar-refractivity contribution in [1.29, 1.82) is 0 Å². The lowest BCUT2D eigenvalue weighted by Crippen LogP contribution is -2.43. The summed E-state index contributed by atoms with van der Waals surface area (Å²) in [5.41, 5.74) is 4.85. The summed E-state index contributed by atoms with van der Waals surface area (Å²) >= 11 is 0. The molecule has 3 aliphatic rings. The molecule has 6 N–H and O–H groups in total. The number of carbonyl (C=O) groups is 5. The van der Waals surface area contributed by atoms with Gasteiger partial charge in [0.1, 0.15) is 31.0 Å². The monoisotopic (exact) mass is 718 g/mol. The molecule has 0 aromatic rings. The minimum absolute atomic E-state index is 0.0515. The number of piperidine rings is 3. The van der Waals surface area contributed by atoms with Crippen LogP contribution in [0.3, 0.4) is 0 Å². The number of ether oxygens (including phenoxy) is 3. The van der Waals surface area contributed by atoms with Crippen LogP contribution in [0.1, 0.15) is 99.8 Å². The molecule has 3 saturated heterocycles. The highest BCUT2D eigenvalue weighted by molar-refractivity contribution is 5.77. The van der Waals surface area contributed by atoms with E-state index in [1.807, 2.05) is 41.5 Å². The van der Waals surface area contributed by atoms with Gasteiger partial charge in [0, 0.05) is 45.1 Å². The van der Waals surface area contributed by atoms with Crippen LogP contribution in [0.15, 0.2) is 0 Å². The van der Waals surface area contributed by atoms with E-state index in [4.69, 9.17) is 30.5 Å². The highest BCUT2D eigenvalue weighted by atomic mass is 16.6. The molecule has 3 heterocycles. The summed E-state index contributed by atoms with van der Waals surface area (Å²) in [5, 5.41) is 28.6. The van der Waals surface area contributed by atoms with E-state index in [2.05, 4.69) is 10.1 Å². The number of hydrogen-bond acceptors (Lipinski definition) is 13. The van der Waals surface area contributed by atoms with Crippen LogP contribution >= 0.6 is 0 Å². The quantitative estimate of drug-likeness (QED) is 0.176. The predicted molar refractivity (Wildman–Crippen MR) is 188 cm³/mol. The molecule has 0 radical (unpaired) electrons. The lowest BCUT2D eigenvalue weighted by atomic mass is 9.93. The van der Waals surface area contributed by atoms with Gasteiger partial charge in [0.25, 0.3) is 0 Å². The number of likely N-dealkylation sites (tertiary alicyclic amines) is 2. The molecule has 0 aromatic carbocycles. The van der Waals surface area contributed by atoms with E-state index in [0.29, 0.717) is 51.5 Å². The number of amides is 2. The Kier molecular flexibility index (Phi) is 23.7. The maximum atomic E-state index is 11.7. The molecule has 15 heteroatoms. The SMILES string of the molecule is CC(C)(C)OC(=O)CC1CCN(C(=O)CO)CC1.CC(C)(C)OC(=O)CC1CCNCC1.CCOC(=O)CO.NC1CCN(C(=O)CO)CC1. The summed E-state index contributed by atoms with van der Waals surface area (Å²) in [4.78, 5) is 58.6. The largest absolute Gasteiger partial charge is 0.464 e. The molecule has 2 amide bonds. The van der Waals surface area contributed by atoms with Crippen molar-refractivity contribution in [1.82, 2.24) is 15.1 Å². The van der Waals surface area contributed by atoms with E-state index in [1.165, 1.54) is 0 Å². The zero-order chi connectivity index (χ0) is 38.3. The molecule has 0 aromatic heterocycles. The summed E-state index contributed by atoms with van der Waals surface area (Å²) in [6.45, 7) is 16.7. The van der Waals surface area contributed by atoms with Crippen LogP contribution in [0.5, 0.6) is 0 Å². The normalized spacial score (nSPS) is 17.4. The van der Waals surface area contributed by atoms with Crippen molar-refractivity contribution in [3.63, 3.8) is 0 Å². The predicted octanol–water partition coefficient (Wildman–Crippen LogP) is 1.14. The van der Waals surface area contributed by atoms with E-state index in [-0.39, 0.29) is 47.9 Å². The molecule has 0 saturated carbocycles. The second-order valence-corrected chi connectivity index (χ2v) is 14.6. The first-order chi connectivity index (χ1) is 23.3. The van der Waals surface area contributed by atoms with Crippen molar-refractivity contribution < 1.29 is 53.5 Å². The first kappa shape index (κ1) is 47.1. The molecule has 0 spiro atoms. The molecule has 0 aliphatic carbocycles. The molecular formula is C35H66N4O11. The lowest BCUT2D eigenvalue weighted by molar-refractivity contribution is -0.157. The Morgan fingerprint density at radius 3 is 1.34 bits per heavy atom. The molecule has 292 valence electrons. The van der Waals surface area contributed by atoms with Gasteiger partial charge >= 0.3 is 17.9 Å². The van der Waals surface area contributed by atoms with E-state index in [9.17, 15) is 24.0 Å². The second-order valence-electron chi connectivity index (χ2n) is 14.6. The van der Waals surface area contributed by atoms with E-state index in [1.54, 1.807) is 16.7 Å². The fraction of sp³-hybridized carbons (Fsp3) is 0.857. The van der Waals surface area contributed by atoms with Crippen molar-refractivity contribution in [2.45, 2.75) is 117 Å². The summed E-state index contributed by atoms with van der Waals surface area (Å²) in [6.07, 6.45) is 6.49. The van der Waals surface area contributed by atoms with Crippen molar-refractivity contribution >= 4 is 29.7 Å². The Balaban J connectivity index is 0.000000673. The fourth-order valence-electron chi connectivity index (χ4n) is 5.27. The number of carbonyl (C=O) groups excluding carboxylic acids is 5. The van der Waals surface area contributed by atoms with Gasteiger partial charge in [0.15, 0.2) is 0 Å². The first-order valence-electron chi connectivity index (χ1n) is 17.8. The fourth-order valence-corrected chi connectivity index (χ4v) is 5.27. The topological polar surface area (TPSA) is 218 Å². The summed E-state index contributed by atoms with van der Waals surface area (Å²) in [7, 11) is 0. The van der Waals surface area contributed by atoms with E-state index >= 15 is 0 Å². The van der Waals surface area contributed by atoms with Crippen LogP contribution in [0, 0.1) is 11.8 Å². The van der Waals surface area contributed by atoms with Gasteiger partial charge in [-0.2, -0.15) is 0 Å². The lowest BCUT2D eigenvalue weighted by Gasteiger charge is -2.31. The number of esters is 3. The van der Waals surface area contributed by atoms with Gasteiger partial charge in [-0.15, -0.1) is 0 Å². The standard InChI is InChI=1S/C13H23NO4.C11H21NO2.C7H14N2O2.C4H8O3/c1-13(2,3)18-12(17)8-10-4-6-14(7-5-10)11(16)9-15;1-11(2,3)14-10(13)8-9-4-6-12-7-5-9;8-6-1-3-9(4-2-6)7(11)5-10;1-2-7-4(6)3-5/h10,15H,4-9H2,1-3H3;9,12H,4-8H2,1-3H3;6,10H,1-5,8H2;5H,2-3H2,1H3. The van der Waals surface area contributed by atoms with Crippen LogP contribution in [0.4, 0.5) is 0 Å². The average molecular weight is 719 g/mol. The number of nitrogens with one attached hydrogen (secondary N) is 1. The van der Waals surface area contributed by atoms with Crippen LogP contribution in [-0.2, 0) is 38.2 Å². The van der Waals surface area contributed by atoms with Crippen molar-refractivity contribution in [2.24, 2.45) is 17.6 Å². The molecule has 0 atom stereocenters. The molecule has 50 heavy (non-hydrogen) atoms. The first-order valence-corrected chi connectivity index (χ1v) is 17.8. The van der Waals surface area contributed by atoms with Crippen LogP contribution in [0.25, 0.3) is 0 Å². The molecular weight excluding hydrogens is 652 g/mol. The minimum atomic E-state index is -0.567. The summed E-state index contributed by atoms with van der Waals surface area (Å²) in [6, 6.07) is 0.234. The van der Waals surface area contributed by atoms with Gasteiger partial charge in [-0.3, -0.25) is 19.2 Å². The number of nitrogens with zero attached hydrogens (tertiary/aromatic N) is 2. The molecule has 0 bridgehead atoms. The Labute approximate surface area is 298 Å². The second kappa shape index (κ2) is 25.2. The van der Waals surface area contributed by atoms with Crippen molar-refractivity contribution in [3.05, 3.63) is 0 Å². The number of hydrogen-bond donors (Lipinski definition) is 5. The van der Waals surface area contributed by atoms with Gasteiger partial charge in [0.05, 0.1) is 6.61 Å². The zero-order valence-electron chi connectivity index (χ0n) is 31.5. The molecule has 15 nitrogen and oxygen atoms in total. The number of nitrogens with two attached hydrogens (primary N) is 1. The number of aliphatic hydroxyl groups excluding tert-OH is 3. The third-order valence-corrected chi connectivity index (χ3v) is 7.77. The summed E-state index contributed by atoms with van der Waals surface area (Å²) < 4.78 is 14.9. The number of aliphatic hydroxyl groups is 3. The van der Waals surface area contributed by atoms with Crippen LogP contribution < -0.4 is 11.1 Å². The van der Waals surface area contributed by atoms with Gasteiger partial charge in [-0.05, 0) is 112 Å². The number of rotatable bonds is 8. The van der Waals surface area contributed by atoms with Crippen molar-refractivity contribution in [2.75, 3.05) is 65.7 Å². The van der Waals surface area contributed by atoms with Gasteiger partial charge < -0.3 is 50.4 Å². The Bertz CT molecular complexity index is 992. The zero-order valence-corrected chi connectivity index (χ0v) is 31.5. The van der Waals surface area contributed by atoms with E-state index in [0.717, 1.165) is 51.6 Å². The van der Waals surface area contributed by atoms with Crippen LogP contribution in [0.2, 0.25) is 0 Å². The Morgan fingerprint density at radius 1 is 0.640 bits per heavy atom. The van der Waals surface area contributed by atoms with E-state index < -0.39 is 24.8 Å². The molecule has 3 aliphatic heterocycles. The third-order valence-electron chi connectivity index (χ3n) is 7.77. The smallest absolute Gasteiger partial charge is 0.331 e. The maximum Gasteiger partial charge on any atom is 0.331 e. The Hall–Kier alpha value is -2.85. The summed E-state index contributed by atoms with van der Waals surface area (Å²) in [5.74, 6) is -0.405. The highest BCUT2D eigenvalue weighted by Crippen LogP contribution is 2.22. The average Bonchev–Trinajstić information content (AvgIpc) is 3.04. The van der Waals surface area contributed by atoms with Gasteiger partial charge in [-0.25, -0.2) is 4.79 Å². The Morgan fingerprint density at radius 2 is 1.02 bits per heavy atom. The van der Waals surface area contributed by atoms with Crippen LogP contribution in [-0.4, -0.2) is 138 Å². The molecule has 3 fully saturated rings. The highest BCUT2D eigenvalue weighted by Gasteiger charge is 2.26. The third kappa shape index (κ3) is 24.3. The minimum Gasteiger partial charge on any atom is -0.464 e.